The standard InChI is InChI=1S/C16H14ClNO2S/c1-12-6-8-15(9-7-12)21(19,20)16(18-2)11-13-4-3-5-14(17)10-13/h3-10,16H,11H2,1H3. The number of rotatable bonds is 4. The van der Waals surface area contributed by atoms with E-state index >= 15 is 0 Å². The number of hydrogen-bond acceptors (Lipinski definition) is 2. The van der Waals surface area contributed by atoms with Crippen LogP contribution >= 0.6 is 11.6 Å². The van der Waals surface area contributed by atoms with E-state index in [1.807, 2.05) is 6.92 Å². The minimum absolute atomic E-state index is 0.125. The molecule has 0 aliphatic heterocycles. The van der Waals surface area contributed by atoms with Crippen LogP contribution < -0.4 is 0 Å². The molecule has 2 rings (SSSR count). The highest BCUT2D eigenvalue weighted by atomic mass is 35.5. The molecule has 0 fully saturated rings. The van der Waals surface area contributed by atoms with E-state index in [1.165, 1.54) is 0 Å². The summed E-state index contributed by atoms with van der Waals surface area (Å²) in [4.78, 5) is 3.48. The van der Waals surface area contributed by atoms with E-state index in [1.54, 1.807) is 48.5 Å². The van der Waals surface area contributed by atoms with Gasteiger partial charge in [0.05, 0.1) is 11.3 Å². The summed E-state index contributed by atoms with van der Waals surface area (Å²) in [5, 5.41) is -0.609. The van der Waals surface area contributed by atoms with Crippen LogP contribution in [0.15, 0.2) is 53.4 Å². The molecule has 0 aliphatic carbocycles. The highest BCUT2D eigenvalue weighted by Crippen LogP contribution is 2.22. The van der Waals surface area contributed by atoms with Crippen LogP contribution in [0.4, 0.5) is 0 Å². The molecule has 0 spiro atoms. The van der Waals surface area contributed by atoms with Crippen LogP contribution in [0.1, 0.15) is 11.1 Å². The Hall–Kier alpha value is -1.83. The Morgan fingerprint density at radius 2 is 1.86 bits per heavy atom. The third-order valence-corrected chi connectivity index (χ3v) is 5.30. The predicted molar refractivity (Wildman–Crippen MR) is 83.9 cm³/mol. The quantitative estimate of drug-likeness (QED) is 0.801. The lowest BCUT2D eigenvalue weighted by molar-refractivity contribution is 0.587. The van der Waals surface area contributed by atoms with Crippen molar-refractivity contribution in [1.82, 2.24) is 0 Å². The molecule has 0 saturated carbocycles. The van der Waals surface area contributed by atoms with Crippen molar-refractivity contribution in [2.24, 2.45) is 0 Å². The molecule has 0 aromatic heterocycles. The van der Waals surface area contributed by atoms with Crippen molar-refractivity contribution in [2.75, 3.05) is 0 Å². The zero-order valence-electron chi connectivity index (χ0n) is 11.5. The van der Waals surface area contributed by atoms with E-state index in [9.17, 15) is 8.42 Å². The number of halogens is 1. The average Bonchev–Trinajstić information content (AvgIpc) is 2.45. The molecule has 108 valence electrons. The molecule has 5 heteroatoms. The van der Waals surface area contributed by atoms with E-state index in [2.05, 4.69) is 4.85 Å². The monoisotopic (exact) mass is 319 g/mol. The Labute approximate surface area is 129 Å². The van der Waals surface area contributed by atoms with Gasteiger partial charge in [-0.25, -0.2) is 15.0 Å². The van der Waals surface area contributed by atoms with Crippen molar-refractivity contribution in [3.05, 3.63) is 76.1 Å². The largest absolute Gasteiger partial charge is 0.329 e. The first-order chi connectivity index (χ1) is 9.93. The van der Waals surface area contributed by atoms with Crippen LogP contribution in [0.2, 0.25) is 5.02 Å². The van der Waals surface area contributed by atoms with Crippen LogP contribution in [0, 0.1) is 13.5 Å². The molecule has 0 radical (unpaired) electrons. The molecular weight excluding hydrogens is 306 g/mol. The fraction of sp³-hybridized carbons (Fsp3) is 0.188. The molecular formula is C16H14ClNO2S. The van der Waals surface area contributed by atoms with Gasteiger partial charge in [0, 0.05) is 5.02 Å². The van der Waals surface area contributed by atoms with Crippen LogP contribution in [0.25, 0.3) is 4.85 Å². The SMILES string of the molecule is [C-]#[N+]C(Cc1cccc(Cl)c1)S(=O)(=O)c1ccc(C)cc1. The molecule has 0 amide bonds. The maximum Gasteiger partial charge on any atom is 0.329 e. The summed E-state index contributed by atoms with van der Waals surface area (Å²) in [6.45, 7) is 9.11. The Morgan fingerprint density at radius 3 is 2.43 bits per heavy atom. The molecule has 0 N–H and O–H groups in total. The summed E-state index contributed by atoms with van der Waals surface area (Å²) in [7, 11) is -3.68. The molecule has 3 nitrogen and oxygen atoms in total. The zero-order valence-corrected chi connectivity index (χ0v) is 13.0. The van der Waals surface area contributed by atoms with Gasteiger partial charge in [0.2, 0.25) is 0 Å². The first kappa shape index (κ1) is 15.6. The van der Waals surface area contributed by atoms with Gasteiger partial charge in [-0.1, -0.05) is 41.4 Å². The summed E-state index contributed by atoms with van der Waals surface area (Å²) in [5.74, 6) is 0. The van der Waals surface area contributed by atoms with Gasteiger partial charge in [0.15, 0.2) is 0 Å². The van der Waals surface area contributed by atoms with Crippen LogP contribution in [0.3, 0.4) is 0 Å². The van der Waals surface area contributed by atoms with Gasteiger partial charge in [0.1, 0.15) is 0 Å². The topological polar surface area (TPSA) is 38.5 Å². The van der Waals surface area contributed by atoms with Gasteiger partial charge in [-0.15, -0.1) is 0 Å². The Bertz CT molecular complexity index is 777. The lowest BCUT2D eigenvalue weighted by Gasteiger charge is -2.08. The summed E-state index contributed by atoms with van der Waals surface area (Å²) < 4.78 is 25.0. The van der Waals surface area contributed by atoms with E-state index in [-0.39, 0.29) is 11.3 Å². The van der Waals surface area contributed by atoms with Crippen molar-refractivity contribution >= 4 is 21.4 Å². The molecule has 0 heterocycles. The molecule has 0 saturated heterocycles. The number of aryl methyl sites for hydroxylation is 1. The maximum atomic E-state index is 12.5. The highest BCUT2D eigenvalue weighted by Gasteiger charge is 2.32. The van der Waals surface area contributed by atoms with Gasteiger partial charge in [-0.3, -0.25) is 4.85 Å². The fourth-order valence-electron chi connectivity index (χ4n) is 1.98. The molecule has 21 heavy (non-hydrogen) atoms. The summed E-state index contributed by atoms with van der Waals surface area (Å²) in [6.07, 6.45) is 0.125. The van der Waals surface area contributed by atoms with E-state index in [0.717, 1.165) is 11.1 Å². The molecule has 1 unspecified atom stereocenters. The van der Waals surface area contributed by atoms with Crippen LogP contribution in [-0.4, -0.2) is 13.8 Å². The molecule has 1 atom stereocenters. The second kappa shape index (κ2) is 6.30. The second-order valence-electron chi connectivity index (χ2n) is 4.78. The minimum Gasteiger partial charge on any atom is -0.296 e. The number of nitrogens with zero attached hydrogens (tertiary/aromatic N) is 1. The molecule has 2 aromatic carbocycles. The van der Waals surface area contributed by atoms with Crippen LogP contribution in [-0.2, 0) is 16.3 Å². The van der Waals surface area contributed by atoms with Gasteiger partial charge < -0.3 is 0 Å². The molecule has 0 bridgehead atoms. The van der Waals surface area contributed by atoms with Gasteiger partial charge in [-0.05, 0) is 36.8 Å². The van der Waals surface area contributed by atoms with Crippen molar-refractivity contribution in [2.45, 2.75) is 23.6 Å². The lowest BCUT2D eigenvalue weighted by atomic mass is 10.1. The minimum atomic E-state index is -3.68. The highest BCUT2D eigenvalue weighted by molar-refractivity contribution is 7.92. The van der Waals surface area contributed by atoms with Gasteiger partial charge in [-0.2, -0.15) is 0 Å². The lowest BCUT2D eigenvalue weighted by Crippen LogP contribution is -2.20. The molecule has 2 aromatic rings. The average molecular weight is 320 g/mol. The van der Waals surface area contributed by atoms with Gasteiger partial charge in [0.25, 0.3) is 9.84 Å². The smallest absolute Gasteiger partial charge is 0.296 e. The Morgan fingerprint density at radius 1 is 1.19 bits per heavy atom. The first-order valence-corrected chi connectivity index (χ1v) is 8.27. The first-order valence-electron chi connectivity index (χ1n) is 6.35. The third-order valence-electron chi connectivity index (χ3n) is 3.15. The van der Waals surface area contributed by atoms with Crippen molar-refractivity contribution in [3.8, 4) is 0 Å². The summed E-state index contributed by atoms with van der Waals surface area (Å²) >= 11 is 5.89. The zero-order chi connectivity index (χ0) is 15.5. The van der Waals surface area contributed by atoms with Crippen LogP contribution in [0.5, 0.6) is 0 Å². The fourth-order valence-corrected chi connectivity index (χ4v) is 3.57. The predicted octanol–water partition coefficient (Wildman–Crippen LogP) is 3.91. The third kappa shape index (κ3) is 3.63. The van der Waals surface area contributed by atoms with E-state index in [4.69, 9.17) is 18.2 Å². The second-order valence-corrected chi connectivity index (χ2v) is 7.32. The maximum absolute atomic E-state index is 12.5. The van der Waals surface area contributed by atoms with Crippen molar-refractivity contribution in [1.29, 1.82) is 0 Å². The Kier molecular flexibility index (Phi) is 4.66. The van der Waals surface area contributed by atoms with E-state index in [0.29, 0.717) is 5.02 Å². The van der Waals surface area contributed by atoms with Crippen molar-refractivity contribution < 1.29 is 8.42 Å². The number of sulfone groups is 1. The van der Waals surface area contributed by atoms with E-state index < -0.39 is 15.2 Å². The summed E-state index contributed by atoms with van der Waals surface area (Å²) in [5.41, 5.74) is 1.71. The normalized spacial score (nSPS) is 12.6. The number of hydrogen-bond donors (Lipinski definition) is 0. The Balaban J connectivity index is 2.32. The number of benzene rings is 2. The molecule has 0 aliphatic rings. The summed E-state index contributed by atoms with van der Waals surface area (Å²) in [6, 6.07) is 13.5. The van der Waals surface area contributed by atoms with Crippen molar-refractivity contribution in [3.63, 3.8) is 0 Å². The van der Waals surface area contributed by atoms with Gasteiger partial charge >= 0.3 is 5.37 Å².